The minimum Gasteiger partial charge on any atom is -0.339 e. The summed E-state index contributed by atoms with van der Waals surface area (Å²) in [6, 6.07) is 7.95. The number of nitrogens with zero attached hydrogens (tertiary/aromatic N) is 4. The van der Waals surface area contributed by atoms with Crippen LogP contribution in [0, 0.1) is 12.7 Å². The van der Waals surface area contributed by atoms with Crippen molar-refractivity contribution in [1.29, 1.82) is 0 Å². The molecular weight excluding hydrogens is 443 g/mol. The molecule has 0 aliphatic carbocycles. The van der Waals surface area contributed by atoms with E-state index in [-0.39, 0.29) is 16.7 Å². The van der Waals surface area contributed by atoms with Gasteiger partial charge in [0.15, 0.2) is 0 Å². The first kappa shape index (κ1) is 22.0. The SMILES string of the molecule is Cc1cc(S(=O)(=O)N2CCC(c3ccn4ncc(C(=O)N5CCCC5)c4c3)CC2)ccc1F. The Hall–Kier alpha value is -2.78. The first-order valence-electron chi connectivity index (χ1n) is 11.4. The molecule has 0 atom stereocenters. The summed E-state index contributed by atoms with van der Waals surface area (Å²) >= 11 is 0. The number of aromatic nitrogens is 2. The van der Waals surface area contributed by atoms with Crippen molar-refractivity contribution in [2.24, 2.45) is 0 Å². The molecule has 0 radical (unpaired) electrons. The normalized spacial score (nSPS) is 18.3. The molecule has 0 N–H and O–H groups in total. The molecule has 5 rings (SSSR count). The highest BCUT2D eigenvalue weighted by Crippen LogP contribution is 2.32. The fraction of sp³-hybridized carbons (Fsp3) is 0.417. The van der Waals surface area contributed by atoms with Gasteiger partial charge in [-0.2, -0.15) is 9.40 Å². The first-order valence-corrected chi connectivity index (χ1v) is 12.8. The molecule has 9 heteroatoms. The number of halogens is 1. The van der Waals surface area contributed by atoms with E-state index in [1.54, 1.807) is 17.6 Å². The third-order valence-corrected chi connectivity index (χ3v) is 8.76. The number of hydrogen-bond donors (Lipinski definition) is 0. The van der Waals surface area contributed by atoms with E-state index in [9.17, 15) is 17.6 Å². The summed E-state index contributed by atoms with van der Waals surface area (Å²) in [5.41, 5.74) is 2.82. The maximum absolute atomic E-state index is 13.6. The molecule has 2 aliphatic rings. The van der Waals surface area contributed by atoms with Crippen molar-refractivity contribution in [1.82, 2.24) is 18.8 Å². The fourth-order valence-corrected chi connectivity index (χ4v) is 6.42. The van der Waals surface area contributed by atoms with Crippen LogP contribution in [0.3, 0.4) is 0 Å². The molecule has 4 heterocycles. The monoisotopic (exact) mass is 470 g/mol. The average molecular weight is 471 g/mol. The molecule has 3 aromatic rings. The molecule has 1 amide bonds. The molecule has 1 aromatic carbocycles. The van der Waals surface area contributed by atoms with Crippen LogP contribution in [0.5, 0.6) is 0 Å². The highest BCUT2D eigenvalue weighted by molar-refractivity contribution is 7.89. The number of rotatable bonds is 4. The van der Waals surface area contributed by atoms with E-state index < -0.39 is 15.8 Å². The van der Waals surface area contributed by atoms with Crippen molar-refractivity contribution in [2.75, 3.05) is 26.2 Å². The Bertz CT molecular complexity index is 1310. The smallest absolute Gasteiger partial charge is 0.257 e. The maximum atomic E-state index is 13.6. The van der Waals surface area contributed by atoms with E-state index >= 15 is 0 Å². The number of hydrogen-bond acceptors (Lipinski definition) is 4. The molecule has 2 aliphatic heterocycles. The van der Waals surface area contributed by atoms with Gasteiger partial charge in [-0.1, -0.05) is 0 Å². The topological polar surface area (TPSA) is 75.0 Å². The van der Waals surface area contributed by atoms with Crippen molar-refractivity contribution in [3.8, 4) is 0 Å². The van der Waals surface area contributed by atoms with Crippen LogP contribution in [-0.4, -0.2) is 59.3 Å². The number of carbonyl (C=O) groups is 1. The van der Waals surface area contributed by atoms with E-state index in [2.05, 4.69) is 5.10 Å². The third kappa shape index (κ3) is 4.04. The van der Waals surface area contributed by atoms with E-state index in [0.717, 1.165) is 37.0 Å². The second kappa shape index (κ2) is 8.53. The van der Waals surface area contributed by atoms with Gasteiger partial charge in [-0.25, -0.2) is 17.3 Å². The van der Waals surface area contributed by atoms with E-state index in [1.165, 1.54) is 22.5 Å². The molecule has 7 nitrogen and oxygen atoms in total. The largest absolute Gasteiger partial charge is 0.339 e. The predicted octanol–water partition coefficient (Wildman–Crippen LogP) is 3.59. The Morgan fingerprint density at radius 3 is 2.48 bits per heavy atom. The molecular formula is C24H27FN4O3S. The van der Waals surface area contributed by atoms with Gasteiger partial charge in [-0.05, 0) is 80.0 Å². The van der Waals surface area contributed by atoms with Crippen LogP contribution in [0.4, 0.5) is 4.39 Å². The van der Waals surface area contributed by atoms with Gasteiger partial charge < -0.3 is 4.90 Å². The number of piperidine rings is 1. The van der Waals surface area contributed by atoms with Crippen molar-refractivity contribution >= 4 is 21.4 Å². The summed E-state index contributed by atoms with van der Waals surface area (Å²) in [5.74, 6) is -0.193. The highest BCUT2D eigenvalue weighted by atomic mass is 32.2. The number of amides is 1. The molecule has 0 unspecified atom stereocenters. The van der Waals surface area contributed by atoms with Gasteiger partial charge in [0.25, 0.3) is 5.91 Å². The Balaban J connectivity index is 1.33. The van der Waals surface area contributed by atoms with Crippen LogP contribution in [0.25, 0.3) is 5.52 Å². The van der Waals surface area contributed by atoms with Crippen molar-refractivity contribution < 1.29 is 17.6 Å². The van der Waals surface area contributed by atoms with Gasteiger partial charge in [-0.3, -0.25) is 4.79 Å². The second-order valence-corrected chi connectivity index (χ2v) is 10.9. The number of likely N-dealkylation sites (tertiary alicyclic amines) is 1. The molecule has 0 bridgehead atoms. The predicted molar refractivity (Wildman–Crippen MR) is 122 cm³/mol. The zero-order valence-corrected chi connectivity index (χ0v) is 19.4. The highest BCUT2D eigenvalue weighted by Gasteiger charge is 2.31. The summed E-state index contributed by atoms with van der Waals surface area (Å²) in [6.45, 7) is 3.93. The summed E-state index contributed by atoms with van der Waals surface area (Å²) in [6.07, 6.45) is 6.94. The first-order chi connectivity index (χ1) is 15.8. The second-order valence-electron chi connectivity index (χ2n) is 8.94. The van der Waals surface area contributed by atoms with E-state index in [1.807, 2.05) is 23.2 Å². The van der Waals surface area contributed by atoms with Gasteiger partial charge in [0.2, 0.25) is 10.0 Å². The Morgan fingerprint density at radius 2 is 1.79 bits per heavy atom. The lowest BCUT2D eigenvalue weighted by Crippen LogP contribution is -2.38. The quantitative estimate of drug-likeness (QED) is 0.584. The number of pyridine rings is 1. The van der Waals surface area contributed by atoms with Gasteiger partial charge in [-0.15, -0.1) is 0 Å². The van der Waals surface area contributed by atoms with Crippen LogP contribution in [0.15, 0.2) is 47.6 Å². The van der Waals surface area contributed by atoms with Crippen molar-refractivity contribution in [3.05, 3.63) is 65.2 Å². The molecule has 174 valence electrons. The molecule has 33 heavy (non-hydrogen) atoms. The maximum Gasteiger partial charge on any atom is 0.257 e. The van der Waals surface area contributed by atoms with Crippen LogP contribution < -0.4 is 0 Å². The lowest BCUT2D eigenvalue weighted by molar-refractivity contribution is 0.0794. The lowest BCUT2D eigenvalue weighted by atomic mass is 9.90. The van der Waals surface area contributed by atoms with Crippen LogP contribution in [0.2, 0.25) is 0 Å². The number of aryl methyl sites for hydroxylation is 1. The zero-order valence-electron chi connectivity index (χ0n) is 18.6. The number of fused-ring (bicyclic) bond motifs is 1. The molecule has 0 spiro atoms. The number of sulfonamides is 1. The summed E-state index contributed by atoms with van der Waals surface area (Å²) in [4.78, 5) is 14.9. The summed E-state index contributed by atoms with van der Waals surface area (Å²) in [5, 5.41) is 4.34. The number of carbonyl (C=O) groups excluding carboxylic acids is 1. The third-order valence-electron chi connectivity index (χ3n) is 6.86. The van der Waals surface area contributed by atoms with Crippen LogP contribution >= 0.6 is 0 Å². The van der Waals surface area contributed by atoms with Gasteiger partial charge in [0, 0.05) is 32.4 Å². The molecule has 2 saturated heterocycles. The Labute approximate surface area is 192 Å². The Kier molecular flexibility index (Phi) is 5.70. The van der Waals surface area contributed by atoms with E-state index in [4.69, 9.17) is 0 Å². The van der Waals surface area contributed by atoms with E-state index in [0.29, 0.717) is 37.1 Å². The average Bonchev–Trinajstić information content (AvgIpc) is 3.50. The Morgan fingerprint density at radius 1 is 1.06 bits per heavy atom. The van der Waals surface area contributed by atoms with Crippen LogP contribution in [0.1, 0.15) is 53.1 Å². The van der Waals surface area contributed by atoms with Gasteiger partial charge in [0.05, 0.1) is 22.2 Å². The minimum absolute atomic E-state index is 0.0233. The molecule has 2 aromatic heterocycles. The zero-order chi connectivity index (χ0) is 23.2. The fourth-order valence-electron chi connectivity index (χ4n) is 4.86. The molecule has 0 saturated carbocycles. The lowest BCUT2D eigenvalue weighted by Gasteiger charge is -2.31. The van der Waals surface area contributed by atoms with Crippen molar-refractivity contribution in [3.63, 3.8) is 0 Å². The minimum atomic E-state index is -3.66. The number of benzene rings is 1. The van der Waals surface area contributed by atoms with Gasteiger partial charge in [0.1, 0.15) is 5.82 Å². The molecule has 2 fully saturated rings. The van der Waals surface area contributed by atoms with Crippen LogP contribution in [-0.2, 0) is 10.0 Å². The van der Waals surface area contributed by atoms with Gasteiger partial charge >= 0.3 is 0 Å². The van der Waals surface area contributed by atoms with Crippen molar-refractivity contribution in [2.45, 2.75) is 43.4 Å². The summed E-state index contributed by atoms with van der Waals surface area (Å²) < 4.78 is 42.8. The summed E-state index contributed by atoms with van der Waals surface area (Å²) in [7, 11) is -3.66. The standard InChI is InChI=1S/C24H27FN4O3S/c1-17-14-20(4-5-22(17)25)33(31,32)28-11-6-18(7-12-28)19-8-13-29-23(15-19)21(16-26-29)24(30)27-9-2-3-10-27/h4-5,8,13-16,18H,2-3,6-7,9-12H2,1H3.